The van der Waals surface area contributed by atoms with Gasteiger partial charge in [0.05, 0.1) is 5.52 Å². The lowest BCUT2D eigenvalue weighted by Gasteiger charge is -2.11. The highest BCUT2D eigenvalue weighted by atomic mass is 14.9. The first-order valence-electron chi connectivity index (χ1n) is 6.88. The summed E-state index contributed by atoms with van der Waals surface area (Å²) in [7, 11) is 0. The molecular weight excluding hydrogens is 244 g/mol. The fraction of sp³-hybridized carbons (Fsp3) is 0.167. The van der Waals surface area contributed by atoms with Crippen molar-refractivity contribution >= 4 is 16.6 Å². The normalized spacial score (nSPS) is 10.7. The summed E-state index contributed by atoms with van der Waals surface area (Å²) in [6.07, 6.45) is 0. The van der Waals surface area contributed by atoms with Crippen molar-refractivity contribution in [2.45, 2.75) is 20.4 Å². The van der Waals surface area contributed by atoms with Crippen LogP contribution < -0.4 is 5.32 Å². The standard InChI is InChI=1S/C18H18N2/c1-13-7-9-15(10-8-13)12-19-18-11-14(2)20-17-6-4-3-5-16(17)18/h3-11H,12H2,1-2H3,(H,19,20). The molecule has 0 radical (unpaired) electrons. The largest absolute Gasteiger partial charge is 0.380 e. The minimum absolute atomic E-state index is 0.827. The van der Waals surface area contributed by atoms with Gasteiger partial charge >= 0.3 is 0 Å². The van der Waals surface area contributed by atoms with Crippen LogP contribution in [-0.4, -0.2) is 4.98 Å². The zero-order chi connectivity index (χ0) is 13.9. The fourth-order valence-electron chi connectivity index (χ4n) is 2.36. The van der Waals surface area contributed by atoms with Crippen molar-refractivity contribution in [1.29, 1.82) is 0 Å². The van der Waals surface area contributed by atoms with E-state index in [1.807, 2.05) is 13.0 Å². The van der Waals surface area contributed by atoms with Crippen LogP contribution in [0.2, 0.25) is 0 Å². The second-order valence-corrected chi connectivity index (χ2v) is 5.17. The van der Waals surface area contributed by atoms with Crippen LogP contribution in [0, 0.1) is 13.8 Å². The molecule has 20 heavy (non-hydrogen) atoms. The number of para-hydroxylation sites is 1. The van der Waals surface area contributed by atoms with E-state index in [4.69, 9.17) is 0 Å². The number of aryl methyl sites for hydroxylation is 2. The van der Waals surface area contributed by atoms with Crippen LogP contribution >= 0.6 is 0 Å². The fourth-order valence-corrected chi connectivity index (χ4v) is 2.36. The molecule has 0 aliphatic rings. The summed E-state index contributed by atoms with van der Waals surface area (Å²) >= 11 is 0. The number of aromatic nitrogens is 1. The summed E-state index contributed by atoms with van der Waals surface area (Å²) in [4.78, 5) is 4.56. The van der Waals surface area contributed by atoms with E-state index in [2.05, 4.69) is 65.8 Å². The molecule has 2 nitrogen and oxygen atoms in total. The first-order valence-corrected chi connectivity index (χ1v) is 6.88. The van der Waals surface area contributed by atoms with Crippen molar-refractivity contribution < 1.29 is 0 Å². The van der Waals surface area contributed by atoms with Crippen LogP contribution in [0.3, 0.4) is 0 Å². The Kier molecular flexibility index (Phi) is 3.38. The molecule has 1 aromatic heterocycles. The lowest BCUT2D eigenvalue weighted by Crippen LogP contribution is -2.01. The summed E-state index contributed by atoms with van der Waals surface area (Å²) < 4.78 is 0. The van der Waals surface area contributed by atoms with Crippen molar-refractivity contribution in [3.63, 3.8) is 0 Å². The molecule has 0 unspecified atom stereocenters. The zero-order valence-electron chi connectivity index (χ0n) is 11.9. The van der Waals surface area contributed by atoms with Crippen LogP contribution in [0.1, 0.15) is 16.8 Å². The molecule has 2 heteroatoms. The summed E-state index contributed by atoms with van der Waals surface area (Å²) in [5.41, 5.74) is 5.80. The van der Waals surface area contributed by atoms with Gasteiger partial charge in [0.1, 0.15) is 0 Å². The van der Waals surface area contributed by atoms with Gasteiger partial charge in [-0.05, 0) is 31.5 Å². The molecule has 2 aromatic carbocycles. The highest BCUT2D eigenvalue weighted by Gasteiger charge is 2.03. The number of hydrogen-bond acceptors (Lipinski definition) is 2. The number of rotatable bonds is 3. The number of nitrogens with zero attached hydrogens (tertiary/aromatic N) is 1. The third kappa shape index (κ3) is 2.64. The lowest BCUT2D eigenvalue weighted by molar-refractivity contribution is 1.14. The molecule has 0 saturated heterocycles. The number of fused-ring (bicyclic) bond motifs is 1. The molecular formula is C18H18N2. The monoisotopic (exact) mass is 262 g/mol. The molecule has 3 rings (SSSR count). The highest BCUT2D eigenvalue weighted by Crippen LogP contribution is 2.23. The number of benzene rings is 2. The Morgan fingerprint density at radius 1 is 0.950 bits per heavy atom. The Morgan fingerprint density at radius 2 is 1.70 bits per heavy atom. The van der Waals surface area contributed by atoms with Crippen LogP contribution in [-0.2, 0) is 6.54 Å². The number of hydrogen-bond donors (Lipinski definition) is 1. The predicted molar refractivity (Wildman–Crippen MR) is 85.0 cm³/mol. The Labute approximate surface area is 119 Å². The van der Waals surface area contributed by atoms with E-state index < -0.39 is 0 Å². The summed E-state index contributed by atoms with van der Waals surface area (Å²) in [6, 6.07) is 19.0. The minimum Gasteiger partial charge on any atom is -0.380 e. The maximum Gasteiger partial charge on any atom is 0.0725 e. The average molecular weight is 262 g/mol. The summed E-state index contributed by atoms with van der Waals surface area (Å²) in [6.45, 7) is 4.97. The Bertz CT molecular complexity index is 730. The van der Waals surface area contributed by atoms with Crippen molar-refractivity contribution in [2.24, 2.45) is 0 Å². The van der Waals surface area contributed by atoms with Crippen molar-refractivity contribution in [1.82, 2.24) is 4.98 Å². The van der Waals surface area contributed by atoms with Gasteiger partial charge in [-0.25, -0.2) is 0 Å². The molecule has 0 atom stereocenters. The van der Waals surface area contributed by atoms with Gasteiger partial charge in [0, 0.05) is 23.3 Å². The molecule has 0 spiro atoms. The average Bonchev–Trinajstić information content (AvgIpc) is 2.46. The molecule has 3 aromatic rings. The van der Waals surface area contributed by atoms with Crippen LogP contribution in [0.4, 0.5) is 5.69 Å². The molecule has 1 heterocycles. The predicted octanol–water partition coefficient (Wildman–Crippen LogP) is 4.46. The first kappa shape index (κ1) is 12.7. The number of anilines is 1. The van der Waals surface area contributed by atoms with Crippen LogP contribution in [0.25, 0.3) is 10.9 Å². The van der Waals surface area contributed by atoms with E-state index in [-0.39, 0.29) is 0 Å². The molecule has 100 valence electrons. The minimum atomic E-state index is 0.827. The van der Waals surface area contributed by atoms with Crippen molar-refractivity contribution in [3.8, 4) is 0 Å². The van der Waals surface area contributed by atoms with Crippen LogP contribution in [0.15, 0.2) is 54.6 Å². The summed E-state index contributed by atoms with van der Waals surface area (Å²) in [5.74, 6) is 0. The molecule has 1 N–H and O–H groups in total. The molecule has 0 aliphatic carbocycles. The molecule has 0 bridgehead atoms. The van der Waals surface area contributed by atoms with Gasteiger partial charge in [-0.15, -0.1) is 0 Å². The molecule has 0 saturated carbocycles. The maximum absolute atomic E-state index is 4.56. The SMILES string of the molecule is Cc1ccc(CNc2cc(C)nc3ccccc23)cc1. The molecule has 0 fully saturated rings. The second kappa shape index (κ2) is 5.33. The Balaban J connectivity index is 1.88. The maximum atomic E-state index is 4.56. The Hall–Kier alpha value is -2.35. The van der Waals surface area contributed by atoms with Crippen molar-refractivity contribution in [2.75, 3.05) is 5.32 Å². The van der Waals surface area contributed by atoms with Crippen molar-refractivity contribution in [3.05, 3.63) is 71.4 Å². The van der Waals surface area contributed by atoms with Gasteiger partial charge < -0.3 is 5.32 Å². The smallest absolute Gasteiger partial charge is 0.0725 e. The number of nitrogens with one attached hydrogen (secondary N) is 1. The van der Waals surface area contributed by atoms with Crippen LogP contribution in [0.5, 0.6) is 0 Å². The van der Waals surface area contributed by atoms with Gasteiger partial charge in [0.25, 0.3) is 0 Å². The quantitative estimate of drug-likeness (QED) is 0.753. The second-order valence-electron chi connectivity index (χ2n) is 5.17. The van der Waals surface area contributed by atoms with E-state index >= 15 is 0 Å². The van der Waals surface area contributed by atoms with E-state index in [1.165, 1.54) is 16.5 Å². The lowest BCUT2D eigenvalue weighted by atomic mass is 10.1. The third-order valence-corrected chi connectivity index (χ3v) is 3.45. The molecule has 0 aliphatic heterocycles. The van der Waals surface area contributed by atoms with Gasteiger partial charge in [0.15, 0.2) is 0 Å². The highest BCUT2D eigenvalue weighted by molar-refractivity contribution is 5.91. The summed E-state index contributed by atoms with van der Waals surface area (Å²) in [5, 5.41) is 4.70. The molecule has 0 amide bonds. The van der Waals surface area contributed by atoms with Gasteiger partial charge in [-0.3, -0.25) is 4.98 Å². The van der Waals surface area contributed by atoms with Gasteiger partial charge in [0.2, 0.25) is 0 Å². The van der Waals surface area contributed by atoms with Gasteiger partial charge in [-0.1, -0.05) is 48.0 Å². The Morgan fingerprint density at radius 3 is 2.50 bits per heavy atom. The topological polar surface area (TPSA) is 24.9 Å². The van der Waals surface area contributed by atoms with E-state index in [9.17, 15) is 0 Å². The first-order chi connectivity index (χ1) is 9.72. The van der Waals surface area contributed by atoms with E-state index in [1.54, 1.807) is 0 Å². The third-order valence-electron chi connectivity index (χ3n) is 3.45. The van der Waals surface area contributed by atoms with E-state index in [0.717, 1.165) is 23.4 Å². The van der Waals surface area contributed by atoms with Gasteiger partial charge in [-0.2, -0.15) is 0 Å². The van der Waals surface area contributed by atoms with E-state index in [0.29, 0.717) is 0 Å². The number of pyridine rings is 1. The zero-order valence-corrected chi connectivity index (χ0v) is 11.9.